The quantitative estimate of drug-likeness (QED) is 0.542. The van der Waals surface area contributed by atoms with E-state index < -0.39 is 0 Å². The van der Waals surface area contributed by atoms with E-state index in [4.69, 9.17) is 4.74 Å². The number of unbranched alkanes of at least 4 members (excludes halogenated alkanes) is 1. The molecule has 1 fully saturated rings. The zero-order valence-corrected chi connectivity index (χ0v) is 13.1. The van der Waals surface area contributed by atoms with Gasteiger partial charge in [0.25, 0.3) is 0 Å². The maximum atomic E-state index is 11.6. The zero-order valence-electron chi connectivity index (χ0n) is 13.1. The predicted molar refractivity (Wildman–Crippen MR) is 85.2 cm³/mol. The fraction of sp³-hybridized carbons (Fsp3) is 0.611. The van der Waals surface area contributed by atoms with Crippen LogP contribution in [-0.4, -0.2) is 37.1 Å². The second-order valence-corrected chi connectivity index (χ2v) is 5.93. The summed E-state index contributed by atoms with van der Waals surface area (Å²) in [5, 5.41) is 0. The van der Waals surface area contributed by atoms with Crippen LogP contribution >= 0.6 is 0 Å². The molecule has 1 aliphatic carbocycles. The molecule has 0 radical (unpaired) electrons. The number of aryl methyl sites for hydroxylation is 1. The van der Waals surface area contributed by atoms with Gasteiger partial charge in [0, 0.05) is 6.04 Å². The number of carbonyl (C=O) groups is 1. The third-order valence-corrected chi connectivity index (χ3v) is 4.40. The number of ether oxygens (including phenoxy) is 1. The van der Waals surface area contributed by atoms with Crippen LogP contribution in [0.3, 0.4) is 0 Å². The van der Waals surface area contributed by atoms with E-state index in [9.17, 15) is 4.79 Å². The van der Waals surface area contributed by atoms with Gasteiger partial charge in [-0.3, -0.25) is 9.69 Å². The first-order chi connectivity index (χ1) is 10.3. The summed E-state index contributed by atoms with van der Waals surface area (Å²) in [4.78, 5) is 13.9. The first-order valence-corrected chi connectivity index (χ1v) is 8.14. The van der Waals surface area contributed by atoms with Crippen LogP contribution in [0.1, 0.15) is 44.1 Å². The van der Waals surface area contributed by atoms with Crippen molar-refractivity contribution in [3.05, 3.63) is 35.9 Å². The Bertz CT molecular complexity index is 412. The molecule has 0 aliphatic heterocycles. The van der Waals surface area contributed by atoms with Gasteiger partial charge >= 0.3 is 5.97 Å². The molecule has 116 valence electrons. The number of hydrogen-bond donors (Lipinski definition) is 0. The molecule has 0 aromatic heterocycles. The number of benzene rings is 1. The Kier molecular flexibility index (Phi) is 6.74. The van der Waals surface area contributed by atoms with Gasteiger partial charge in [-0.2, -0.15) is 0 Å². The molecule has 0 atom stereocenters. The van der Waals surface area contributed by atoms with Gasteiger partial charge in [0.05, 0.1) is 13.7 Å². The van der Waals surface area contributed by atoms with E-state index in [-0.39, 0.29) is 5.97 Å². The van der Waals surface area contributed by atoms with Crippen molar-refractivity contribution < 1.29 is 9.53 Å². The van der Waals surface area contributed by atoms with E-state index in [0.29, 0.717) is 12.6 Å². The van der Waals surface area contributed by atoms with E-state index >= 15 is 0 Å². The first-order valence-electron chi connectivity index (χ1n) is 8.14. The molecule has 0 N–H and O–H groups in total. The highest BCUT2D eigenvalue weighted by atomic mass is 16.5. The zero-order chi connectivity index (χ0) is 14.9. The lowest BCUT2D eigenvalue weighted by atomic mass is 10.1. The van der Waals surface area contributed by atoms with Gasteiger partial charge in [0.1, 0.15) is 0 Å². The fourth-order valence-corrected chi connectivity index (χ4v) is 3.18. The summed E-state index contributed by atoms with van der Waals surface area (Å²) < 4.78 is 4.84. The minimum absolute atomic E-state index is 0.107. The third-order valence-electron chi connectivity index (χ3n) is 4.40. The maximum Gasteiger partial charge on any atom is 0.319 e. The van der Waals surface area contributed by atoms with Crippen LogP contribution in [0.4, 0.5) is 0 Å². The molecule has 0 unspecified atom stereocenters. The summed E-state index contributed by atoms with van der Waals surface area (Å²) in [5.41, 5.74) is 1.40. The van der Waals surface area contributed by atoms with E-state index in [1.54, 1.807) is 0 Å². The average molecular weight is 289 g/mol. The Hall–Kier alpha value is -1.35. The molecule has 0 amide bonds. The Morgan fingerprint density at radius 3 is 2.57 bits per heavy atom. The molecule has 0 saturated heterocycles. The molecule has 3 heteroatoms. The highest BCUT2D eigenvalue weighted by molar-refractivity contribution is 5.71. The van der Waals surface area contributed by atoms with Crippen molar-refractivity contribution in [2.75, 3.05) is 20.2 Å². The topological polar surface area (TPSA) is 29.5 Å². The van der Waals surface area contributed by atoms with Crippen molar-refractivity contribution in [1.29, 1.82) is 0 Å². The summed E-state index contributed by atoms with van der Waals surface area (Å²) in [6.45, 7) is 1.46. The van der Waals surface area contributed by atoms with Crippen molar-refractivity contribution in [2.24, 2.45) is 0 Å². The van der Waals surface area contributed by atoms with Crippen LogP contribution in [0.2, 0.25) is 0 Å². The molecule has 0 bridgehead atoms. The van der Waals surface area contributed by atoms with Gasteiger partial charge in [0.2, 0.25) is 0 Å². The third kappa shape index (κ3) is 5.50. The van der Waals surface area contributed by atoms with Crippen molar-refractivity contribution in [3.8, 4) is 0 Å². The van der Waals surface area contributed by atoms with Crippen LogP contribution in [0, 0.1) is 0 Å². The van der Waals surface area contributed by atoms with Crippen molar-refractivity contribution in [3.63, 3.8) is 0 Å². The average Bonchev–Trinajstić information content (AvgIpc) is 3.05. The van der Waals surface area contributed by atoms with Gasteiger partial charge in [0.15, 0.2) is 0 Å². The molecule has 1 saturated carbocycles. The minimum Gasteiger partial charge on any atom is -0.468 e. The second-order valence-electron chi connectivity index (χ2n) is 5.93. The van der Waals surface area contributed by atoms with Gasteiger partial charge < -0.3 is 4.74 Å². The second kappa shape index (κ2) is 8.83. The van der Waals surface area contributed by atoms with E-state index in [1.807, 2.05) is 0 Å². The Balaban J connectivity index is 1.74. The summed E-state index contributed by atoms with van der Waals surface area (Å²) in [6, 6.07) is 11.2. The van der Waals surface area contributed by atoms with Crippen LogP contribution in [0.25, 0.3) is 0 Å². The lowest BCUT2D eigenvalue weighted by molar-refractivity contribution is -0.142. The highest BCUT2D eigenvalue weighted by Crippen LogP contribution is 2.23. The molecule has 1 aromatic rings. The number of nitrogens with zero attached hydrogens (tertiary/aromatic N) is 1. The standard InChI is InChI=1S/C18H27NO2/c1-21-18(20)15-19(17-12-5-6-13-17)14-8-7-11-16-9-3-2-4-10-16/h2-4,9-10,17H,5-8,11-15H2,1H3. The number of methoxy groups -OCH3 is 1. The van der Waals surface area contributed by atoms with Crippen LogP contribution in [0.15, 0.2) is 30.3 Å². The fourth-order valence-electron chi connectivity index (χ4n) is 3.18. The molecular weight excluding hydrogens is 262 g/mol. The Morgan fingerprint density at radius 2 is 1.90 bits per heavy atom. The summed E-state index contributed by atoms with van der Waals surface area (Å²) in [6.07, 6.45) is 8.50. The van der Waals surface area contributed by atoms with Gasteiger partial charge in [-0.15, -0.1) is 0 Å². The molecule has 0 heterocycles. The van der Waals surface area contributed by atoms with Gasteiger partial charge in [-0.25, -0.2) is 0 Å². The maximum absolute atomic E-state index is 11.6. The largest absolute Gasteiger partial charge is 0.468 e. The molecule has 0 spiro atoms. The molecular formula is C18H27NO2. The first kappa shape index (κ1) is 16.0. The van der Waals surface area contributed by atoms with E-state index in [1.165, 1.54) is 44.8 Å². The van der Waals surface area contributed by atoms with E-state index in [2.05, 4.69) is 35.2 Å². The molecule has 3 nitrogen and oxygen atoms in total. The molecule has 21 heavy (non-hydrogen) atoms. The molecule has 1 aliphatic rings. The van der Waals surface area contributed by atoms with Crippen molar-refractivity contribution in [1.82, 2.24) is 4.90 Å². The van der Waals surface area contributed by atoms with Crippen LogP contribution < -0.4 is 0 Å². The Labute approximate surface area is 128 Å². The van der Waals surface area contributed by atoms with Gasteiger partial charge in [-0.05, 0) is 44.2 Å². The summed E-state index contributed by atoms with van der Waals surface area (Å²) in [5.74, 6) is -0.107. The molecule has 2 rings (SSSR count). The number of carbonyl (C=O) groups excluding carboxylic acids is 1. The minimum atomic E-state index is -0.107. The predicted octanol–water partition coefficient (Wildman–Crippen LogP) is 3.43. The van der Waals surface area contributed by atoms with Crippen molar-refractivity contribution >= 4 is 5.97 Å². The highest BCUT2D eigenvalue weighted by Gasteiger charge is 2.24. The SMILES string of the molecule is COC(=O)CN(CCCCc1ccccc1)C1CCCC1. The van der Waals surface area contributed by atoms with Gasteiger partial charge in [-0.1, -0.05) is 43.2 Å². The summed E-state index contributed by atoms with van der Waals surface area (Å²) in [7, 11) is 1.48. The normalized spacial score (nSPS) is 15.5. The Morgan fingerprint density at radius 1 is 1.19 bits per heavy atom. The number of hydrogen-bond acceptors (Lipinski definition) is 3. The molecule has 1 aromatic carbocycles. The van der Waals surface area contributed by atoms with E-state index in [0.717, 1.165) is 19.4 Å². The lowest BCUT2D eigenvalue weighted by Crippen LogP contribution is -2.38. The summed E-state index contributed by atoms with van der Waals surface area (Å²) >= 11 is 0. The van der Waals surface area contributed by atoms with Crippen molar-refractivity contribution in [2.45, 2.75) is 51.0 Å². The number of esters is 1. The lowest BCUT2D eigenvalue weighted by Gasteiger charge is -2.27. The number of rotatable bonds is 8. The van der Waals surface area contributed by atoms with Crippen LogP contribution in [-0.2, 0) is 16.0 Å². The monoisotopic (exact) mass is 289 g/mol. The van der Waals surface area contributed by atoms with Crippen LogP contribution in [0.5, 0.6) is 0 Å². The smallest absolute Gasteiger partial charge is 0.319 e.